The average molecular weight is 388 g/mol. The minimum atomic E-state index is -0.177. The molecule has 0 aliphatic carbocycles. The van der Waals surface area contributed by atoms with Gasteiger partial charge < -0.3 is 9.42 Å². The van der Waals surface area contributed by atoms with E-state index in [0.717, 1.165) is 5.56 Å². The van der Waals surface area contributed by atoms with Crippen LogP contribution < -0.4 is 4.90 Å². The number of benzene rings is 2. The maximum absolute atomic E-state index is 12.5. The second-order valence-electron chi connectivity index (χ2n) is 6.30. The minimum absolute atomic E-state index is 0.0155. The second kappa shape index (κ2) is 6.74. The molecule has 3 aromatic rings. The van der Waals surface area contributed by atoms with Gasteiger partial charge in [-0.25, -0.2) is 0 Å². The summed E-state index contributed by atoms with van der Waals surface area (Å²) in [5.74, 6) is 0.658. The van der Waals surface area contributed by atoms with Gasteiger partial charge in [0, 0.05) is 18.5 Å². The predicted molar refractivity (Wildman–Crippen MR) is 101 cm³/mol. The molecule has 1 saturated heterocycles. The molecule has 5 nitrogen and oxygen atoms in total. The van der Waals surface area contributed by atoms with Gasteiger partial charge in [-0.05, 0) is 36.8 Å². The summed E-state index contributed by atoms with van der Waals surface area (Å²) < 4.78 is 5.41. The van der Waals surface area contributed by atoms with Crippen LogP contribution in [-0.2, 0) is 4.79 Å². The molecule has 1 amide bonds. The number of aryl methyl sites for hydroxylation is 1. The summed E-state index contributed by atoms with van der Waals surface area (Å²) in [6.07, 6.45) is 0.300. The van der Waals surface area contributed by atoms with Crippen LogP contribution >= 0.6 is 23.2 Å². The van der Waals surface area contributed by atoms with E-state index in [9.17, 15) is 4.79 Å². The highest BCUT2D eigenvalue weighted by atomic mass is 35.5. The Kier molecular flexibility index (Phi) is 4.42. The van der Waals surface area contributed by atoms with Gasteiger partial charge in [0.15, 0.2) is 0 Å². The maximum atomic E-state index is 12.5. The Morgan fingerprint density at radius 3 is 2.73 bits per heavy atom. The molecule has 1 aliphatic rings. The smallest absolute Gasteiger partial charge is 0.232 e. The van der Waals surface area contributed by atoms with E-state index in [0.29, 0.717) is 46.0 Å². The highest BCUT2D eigenvalue weighted by Gasteiger charge is 2.36. The Morgan fingerprint density at radius 2 is 1.96 bits per heavy atom. The summed E-state index contributed by atoms with van der Waals surface area (Å²) in [5, 5.41) is 5.13. The van der Waals surface area contributed by atoms with E-state index in [1.165, 1.54) is 0 Å². The van der Waals surface area contributed by atoms with Crippen molar-refractivity contribution >= 4 is 34.8 Å². The van der Waals surface area contributed by atoms with Crippen LogP contribution in [-0.4, -0.2) is 22.6 Å². The third kappa shape index (κ3) is 3.08. The molecule has 0 spiro atoms. The molecule has 0 bridgehead atoms. The normalized spacial score (nSPS) is 17.1. The van der Waals surface area contributed by atoms with Gasteiger partial charge in [0.25, 0.3) is 0 Å². The van der Waals surface area contributed by atoms with E-state index in [-0.39, 0.29) is 11.8 Å². The third-order valence-electron chi connectivity index (χ3n) is 4.42. The summed E-state index contributed by atoms with van der Waals surface area (Å²) in [6.45, 7) is 2.41. The van der Waals surface area contributed by atoms with Crippen molar-refractivity contribution in [1.29, 1.82) is 0 Å². The molecule has 132 valence electrons. The lowest BCUT2D eigenvalue weighted by molar-refractivity contribution is -0.117. The van der Waals surface area contributed by atoms with Gasteiger partial charge in [0.2, 0.25) is 17.6 Å². The minimum Gasteiger partial charge on any atom is -0.339 e. The number of anilines is 1. The number of aromatic nitrogens is 2. The van der Waals surface area contributed by atoms with Crippen molar-refractivity contribution in [2.24, 2.45) is 0 Å². The van der Waals surface area contributed by atoms with Gasteiger partial charge in [-0.15, -0.1) is 0 Å². The Morgan fingerprint density at radius 1 is 1.15 bits per heavy atom. The standard InChI is InChI=1S/C19H15Cl2N3O2/c1-11-6-7-16(15(21)8-11)24-10-12(9-17(24)25)19-22-18(23-26-19)13-4-2-3-5-14(13)20/h2-8,12H,9-10H2,1H3. The average Bonchev–Trinajstić information content (AvgIpc) is 3.22. The van der Waals surface area contributed by atoms with Crippen LogP contribution in [0.4, 0.5) is 5.69 Å². The second-order valence-corrected chi connectivity index (χ2v) is 7.11. The van der Waals surface area contributed by atoms with Gasteiger partial charge in [-0.3, -0.25) is 4.79 Å². The molecule has 1 unspecified atom stereocenters. The van der Waals surface area contributed by atoms with E-state index in [4.69, 9.17) is 27.7 Å². The van der Waals surface area contributed by atoms with Crippen LogP contribution in [0.25, 0.3) is 11.4 Å². The van der Waals surface area contributed by atoms with Gasteiger partial charge in [-0.2, -0.15) is 4.98 Å². The summed E-state index contributed by atoms with van der Waals surface area (Å²) in [7, 11) is 0. The molecule has 2 aromatic carbocycles. The zero-order valence-electron chi connectivity index (χ0n) is 13.9. The van der Waals surface area contributed by atoms with Crippen LogP contribution in [0.1, 0.15) is 23.8 Å². The largest absolute Gasteiger partial charge is 0.339 e. The fourth-order valence-corrected chi connectivity index (χ4v) is 3.65. The molecule has 26 heavy (non-hydrogen) atoms. The lowest BCUT2D eigenvalue weighted by Crippen LogP contribution is -2.24. The molecule has 2 heterocycles. The first-order valence-corrected chi connectivity index (χ1v) is 8.93. The molecular formula is C19H15Cl2N3O2. The van der Waals surface area contributed by atoms with E-state index < -0.39 is 0 Å². The summed E-state index contributed by atoms with van der Waals surface area (Å²) in [6, 6.07) is 12.9. The predicted octanol–water partition coefficient (Wildman–Crippen LogP) is 4.87. The van der Waals surface area contributed by atoms with Crippen LogP contribution in [0.2, 0.25) is 10.0 Å². The van der Waals surface area contributed by atoms with Crippen LogP contribution in [0.3, 0.4) is 0 Å². The molecule has 0 saturated carbocycles. The summed E-state index contributed by atoms with van der Waals surface area (Å²) in [5.41, 5.74) is 2.45. The molecule has 1 atom stereocenters. The number of hydrogen-bond acceptors (Lipinski definition) is 4. The van der Waals surface area contributed by atoms with Crippen LogP contribution in [0.5, 0.6) is 0 Å². The van der Waals surface area contributed by atoms with Crippen molar-refractivity contribution in [2.45, 2.75) is 19.3 Å². The SMILES string of the molecule is Cc1ccc(N2CC(c3nc(-c4ccccc4Cl)no3)CC2=O)c(Cl)c1. The van der Waals surface area contributed by atoms with Crippen molar-refractivity contribution in [3.05, 3.63) is 64.0 Å². The van der Waals surface area contributed by atoms with E-state index >= 15 is 0 Å². The van der Waals surface area contributed by atoms with Gasteiger partial charge in [0.05, 0.1) is 21.7 Å². The number of amides is 1. The quantitative estimate of drug-likeness (QED) is 0.642. The fourth-order valence-electron chi connectivity index (χ4n) is 3.09. The summed E-state index contributed by atoms with van der Waals surface area (Å²) >= 11 is 12.5. The Labute approximate surface area is 160 Å². The van der Waals surface area contributed by atoms with Crippen LogP contribution in [0, 0.1) is 6.92 Å². The van der Waals surface area contributed by atoms with E-state index in [1.54, 1.807) is 11.0 Å². The fraction of sp³-hybridized carbons (Fsp3) is 0.211. The number of carbonyl (C=O) groups excluding carboxylic acids is 1. The summed E-state index contributed by atoms with van der Waals surface area (Å²) in [4.78, 5) is 18.6. The highest BCUT2D eigenvalue weighted by molar-refractivity contribution is 6.34. The Balaban J connectivity index is 1.59. The van der Waals surface area contributed by atoms with Crippen molar-refractivity contribution in [1.82, 2.24) is 10.1 Å². The maximum Gasteiger partial charge on any atom is 0.232 e. The molecule has 7 heteroatoms. The van der Waals surface area contributed by atoms with Crippen molar-refractivity contribution in [2.75, 3.05) is 11.4 Å². The first-order valence-electron chi connectivity index (χ1n) is 8.18. The Hall–Kier alpha value is -2.37. The zero-order chi connectivity index (χ0) is 18.3. The molecule has 4 rings (SSSR count). The monoisotopic (exact) mass is 387 g/mol. The number of carbonyl (C=O) groups is 1. The zero-order valence-corrected chi connectivity index (χ0v) is 15.5. The lowest BCUT2D eigenvalue weighted by Gasteiger charge is -2.18. The molecule has 0 N–H and O–H groups in total. The van der Waals surface area contributed by atoms with Crippen molar-refractivity contribution in [3.63, 3.8) is 0 Å². The van der Waals surface area contributed by atoms with E-state index in [2.05, 4.69) is 10.1 Å². The first kappa shape index (κ1) is 17.1. The molecule has 1 aliphatic heterocycles. The van der Waals surface area contributed by atoms with Gasteiger partial charge >= 0.3 is 0 Å². The lowest BCUT2D eigenvalue weighted by atomic mass is 10.1. The molecule has 1 aromatic heterocycles. The van der Waals surface area contributed by atoms with Gasteiger partial charge in [0.1, 0.15) is 0 Å². The number of rotatable bonds is 3. The topological polar surface area (TPSA) is 59.2 Å². The number of halogens is 2. The van der Waals surface area contributed by atoms with E-state index in [1.807, 2.05) is 43.3 Å². The molecular weight excluding hydrogens is 373 g/mol. The number of nitrogens with zero attached hydrogens (tertiary/aromatic N) is 3. The van der Waals surface area contributed by atoms with Crippen LogP contribution in [0.15, 0.2) is 47.0 Å². The third-order valence-corrected chi connectivity index (χ3v) is 5.06. The highest BCUT2D eigenvalue weighted by Crippen LogP contribution is 2.36. The first-order chi connectivity index (χ1) is 12.5. The molecule has 1 fully saturated rings. The Bertz CT molecular complexity index is 986. The van der Waals surface area contributed by atoms with Crippen molar-refractivity contribution < 1.29 is 9.32 Å². The van der Waals surface area contributed by atoms with Crippen molar-refractivity contribution in [3.8, 4) is 11.4 Å². The number of hydrogen-bond donors (Lipinski definition) is 0. The van der Waals surface area contributed by atoms with Gasteiger partial charge in [-0.1, -0.05) is 46.6 Å². The molecule has 0 radical (unpaired) electrons.